The summed E-state index contributed by atoms with van der Waals surface area (Å²) < 4.78 is 5.84. The van der Waals surface area contributed by atoms with Crippen molar-refractivity contribution in [3.8, 4) is 0 Å². The number of hydrogen-bond donors (Lipinski definition) is 0. The topological polar surface area (TPSA) is 56.3 Å². The maximum atomic E-state index is 12.1. The van der Waals surface area contributed by atoms with Gasteiger partial charge in [0.15, 0.2) is 12.4 Å². The first-order chi connectivity index (χ1) is 10.4. The molecule has 0 aliphatic carbocycles. The van der Waals surface area contributed by atoms with E-state index in [2.05, 4.69) is 20.9 Å². The summed E-state index contributed by atoms with van der Waals surface area (Å²) in [6.07, 6.45) is 0. The van der Waals surface area contributed by atoms with Crippen LogP contribution in [0.15, 0.2) is 34.8 Å². The molecule has 0 spiro atoms. The molecule has 0 amide bonds. The SMILES string of the molecule is Cc1cc(C)c(C(=O)OCC(=O)c2cccc(Br)c2)c(Cl)n1. The monoisotopic (exact) mass is 381 g/mol. The highest BCUT2D eigenvalue weighted by atomic mass is 79.9. The lowest BCUT2D eigenvalue weighted by atomic mass is 10.1. The van der Waals surface area contributed by atoms with Crippen molar-refractivity contribution in [2.45, 2.75) is 13.8 Å². The minimum Gasteiger partial charge on any atom is -0.454 e. The van der Waals surface area contributed by atoms with Crippen LogP contribution in [0.2, 0.25) is 5.15 Å². The number of hydrogen-bond acceptors (Lipinski definition) is 4. The van der Waals surface area contributed by atoms with Crippen LogP contribution in [-0.4, -0.2) is 23.3 Å². The number of carbonyl (C=O) groups excluding carboxylic acids is 2. The molecule has 4 nitrogen and oxygen atoms in total. The van der Waals surface area contributed by atoms with Gasteiger partial charge in [-0.15, -0.1) is 0 Å². The summed E-state index contributed by atoms with van der Waals surface area (Å²) in [4.78, 5) is 28.1. The van der Waals surface area contributed by atoms with Crippen LogP contribution in [0.25, 0.3) is 0 Å². The largest absolute Gasteiger partial charge is 0.454 e. The third kappa shape index (κ3) is 3.93. The number of esters is 1. The van der Waals surface area contributed by atoms with Crippen LogP contribution in [-0.2, 0) is 4.74 Å². The standard InChI is InChI=1S/C16H13BrClNO3/c1-9-6-10(2)19-15(18)14(9)16(21)22-8-13(20)11-4-3-5-12(17)7-11/h3-7H,8H2,1-2H3. The molecule has 6 heteroatoms. The molecule has 0 unspecified atom stereocenters. The number of benzene rings is 1. The second kappa shape index (κ2) is 7.03. The first-order valence-corrected chi connectivity index (χ1v) is 7.65. The van der Waals surface area contributed by atoms with Gasteiger partial charge in [0.25, 0.3) is 0 Å². The summed E-state index contributed by atoms with van der Waals surface area (Å²) in [6.45, 7) is 3.18. The molecule has 1 heterocycles. The van der Waals surface area contributed by atoms with Gasteiger partial charge in [0, 0.05) is 15.7 Å². The quantitative estimate of drug-likeness (QED) is 0.453. The smallest absolute Gasteiger partial charge is 0.342 e. The van der Waals surface area contributed by atoms with Crippen LogP contribution < -0.4 is 0 Å². The van der Waals surface area contributed by atoms with Gasteiger partial charge in [-0.3, -0.25) is 4.79 Å². The van der Waals surface area contributed by atoms with Crippen molar-refractivity contribution in [3.63, 3.8) is 0 Å². The Bertz CT molecular complexity index is 723. The van der Waals surface area contributed by atoms with Gasteiger partial charge in [-0.2, -0.15) is 0 Å². The van der Waals surface area contributed by atoms with Gasteiger partial charge < -0.3 is 4.74 Å². The summed E-state index contributed by atoms with van der Waals surface area (Å²) >= 11 is 9.27. The van der Waals surface area contributed by atoms with Crippen LogP contribution in [0.4, 0.5) is 0 Å². The van der Waals surface area contributed by atoms with Crippen molar-refractivity contribution in [1.82, 2.24) is 4.98 Å². The van der Waals surface area contributed by atoms with E-state index in [4.69, 9.17) is 16.3 Å². The van der Waals surface area contributed by atoms with Crippen molar-refractivity contribution in [3.05, 3.63) is 62.3 Å². The zero-order valence-electron chi connectivity index (χ0n) is 12.0. The van der Waals surface area contributed by atoms with Crippen molar-refractivity contribution in [2.75, 3.05) is 6.61 Å². The van der Waals surface area contributed by atoms with Crippen molar-refractivity contribution >= 4 is 39.3 Å². The first kappa shape index (κ1) is 16.6. The fourth-order valence-corrected chi connectivity index (χ4v) is 2.74. The molecule has 2 aromatic rings. The molecule has 0 radical (unpaired) electrons. The van der Waals surface area contributed by atoms with Crippen LogP contribution in [0.3, 0.4) is 0 Å². The van der Waals surface area contributed by atoms with Gasteiger partial charge in [-0.05, 0) is 37.6 Å². The van der Waals surface area contributed by atoms with E-state index in [0.29, 0.717) is 16.8 Å². The second-order valence-electron chi connectivity index (χ2n) is 4.76. The predicted octanol–water partition coefficient (Wildman–Crippen LogP) is 4.15. The Kier molecular flexibility index (Phi) is 5.32. The highest BCUT2D eigenvalue weighted by molar-refractivity contribution is 9.10. The predicted molar refractivity (Wildman–Crippen MR) is 87.5 cm³/mol. The Labute approximate surface area is 141 Å². The number of ether oxygens (including phenoxy) is 1. The Morgan fingerprint density at radius 1 is 1.27 bits per heavy atom. The maximum absolute atomic E-state index is 12.1. The first-order valence-electron chi connectivity index (χ1n) is 6.48. The van der Waals surface area contributed by atoms with Crippen LogP contribution in [0.5, 0.6) is 0 Å². The molecule has 0 bridgehead atoms. The Balaban J connectivity index is 2.09. The molecule has 114 valence electrons. The molecule has 0 N–H and O–H groups in total. The second-order valence-corrected chi connectivity index (χ2v) is 6.03. The Morgan fingerprint density at radius 3 is 2.64 bits per heavy atom. The van der Waals surface area contributed by atoms with E-state index < -0.39 is 5.97 Å². The number of halogens is 2. The fourth-order valence-electron chi connectivity index (χ4n) is 1.98. The third-order valence-corrected chi connectivity index (χ3v) is 3.75. The summed E-state index contributed by atoms with van der Waals surface area (Å²) in [7, 11) is 0. The molecule has 22 heavy (non-hydrogen) atoms. The van der Waals surface area contributed by atoms with Crippen LogP contribution >= 0.6 is 27.5 Å². The number of Topliss-reactive ketones (excluding diaryl/α,β-unsaturated/α-hetero) is 1. The van der Waals surface area contributed by atoms with E-state index in [1.165, 1.54) is 0 Å². The van der Waals surface area contributed by atoms with Crippen molar-refractivity contribution in [2.24, 2.45) is 0 Å². The minimum absolute atomic E-state index is 0.0809. The van der Waals surface area contributed by atoms with Gasteiger partial charge >= 0.3 is 5.97 Å². The van der Waals surface area contributed by atoms with Gasteiger partial charge in [-0.1, -0.05) is 39.7 Å². The number of aromatic nitrogens is 1. The Morgan fingerprint density at radius 2 is 2.00 bits per heavy atom. The lowest BCUT2D eigenvalue weighted by Crippen LogP contribution is -2.16. The number of nitrogens with zero attached hydrogens (tertiary/aromatic N) is 1. The van der Waals surface area contributed by atoms with Crippen molar-refractivity contribution in [1.29, 1.82) is 0 Å². The molecule has 1 aromatic heterocycles. The van der Waals surface area contributed by atoms with Gasteiger partial charge in [0.2, 0.25) is 0 Å². The number of carbonyl (C=O) groups is 2. The molecule has 0 atom stereocenters. The molecule has 1 aromatic carbocycles. The van der Waals surface area contributed by atoms with E-state index in [1.54, 1.807) is 38.1 Å². The number of rotatable bonds is 4. The molecule has 0 saturated carbocycles. The summed E-state index contributed by atoms with van der Waals surface area (Å²) in [6, 6.07) is 8.61. The maximum Gasteiger partial charge on any atom is 0.342 e. The van der Waals surface area contributed by atoms with E-state index in [1.807, 2.05) is 6.07 Å². The third-order valence-electron chi connectivity index (χ3n) is 2.99. The summed E-state index contributed by atoms with van der Waals surface area (Å²) in [5.41, 5.74) is 2.03. The van der Waals surface area contributed by atoms with Crippen LogP contribution in [0, 0.1) is 13.8 Å². The average Bonchev–Trinajstić information content (AvgIpc) is 2.43. The average molecular weight is 383 g/mol. The number of aryl methyl sites for hydroxylation is 2. The lowest BCUT2D eigenvalue weighted by Gasteiger charge is -2.09. The molecule has 0 saturated heterocycles. The Hall–Kier alpha value is -1.72. The molecular formula is C16H13BrClNO3. The number of ketones is 1. The van der Waals surface area contributed by atoms with Gasteiger partial charge in [-0.25, -0.2) is 9.78 Å². The highest BCUT2D eigenvalue weighted by Crippen LogP contribution is 2.20. The molecule has 0 aliphatic rings. The zero-order chi connectivity index (χ0) is 16.3. The summed E-state index contributed by atoms with van der Waals surface area (Å²) in [5.74, 6) is -0.943. The van der Waals surface area contributed by atoms with Gasteiger partial charge in [0.05, 0.1) is 5.56 Å². The molecule has 0 aliphatic heterocycles. The van der Waals surface area contributed by atoms with Gasteiger partial charge in [0.1, 0.15) is 5.15 Å². The normalized spacial score (nSPS) is 10.4. The van der Waals surface area contributed by atoms with Crippen molar-refractivity contribution < 1.29 is 14.3 Å². The summed E-state index contributed by atoms with van der Waals surface area (Å²) in [5, 5.41) is 0.0809. The number of pyridine rings is 1. The zero-order valence-corrected chi connectivity index (χ0v) is 14.4. The molecule has 0 fully saturated rings. The minimum atomic E-state index is -0.654. The van der Waals surface area contributed by atoms with E-state index in [-0.39, 0.29) is 23.1 Å². The van der Waals surface area contributed by atoms with Crippen LogP contribution in [0.1, 0.15) is 32.0 Å². The fraction of sp³-hybridized carbons (Fsp3) is 0.188. The molecule has 2 rings (SSSR count). The van der Waals surface area contributed by atoms with E-state index >= 15 is 0 Å². The molecular weight excluding hydrogens is 370 g/mol. The highest BCUT2D eigenvalue weighted by Gasteiger charge is 2.18. The van der Waals surface area contributed by atoms with E-state index in [9.17, 15) is 9.59 Å². The lowest BCUT2D eigenvalue weighted by molar-refractivity contribution is 0.0473. The van der Waals surface area contributed by atoms with E-state index in [0.717, 1.165) is 4.47 Å².